The first-order valence-electron chi connectivity index (χ1n) is 8.94. The number of carbonyl (C=O) groups excluding carboxylic acids is 3. The van der Waals surface area contributed by atoms with Crippen molar-refractivity contribution < 1.29 is 14.4 Å². The van der Waals surface area contributed by atoms with E-state index in [9.17, 15) is 19.2 Å². The van der Waals surface area contributed by atoms with E-state index in [1.54, 1.807) is 63.4 Å². The summed E-state index contributed by atoms with van der Waals surface area (Å²) < 4.78 is 1.42. The van der Waals surface area contributed by atoms with E-state index in [1.807, 2.05) is 0 Å². The van der Waals surface area contributed by atoms with Gasteiger partial charge in [-0.1, -0.05) is 6.07 Å². The van der Waals surface area contributed by atoms with Gasteiger partial charge in [-0.05, 0) is 50.2 Å². The summed E-state index contributed by atoms with van der Waals surface area (Å²) in [6.07, 6.45) is 0. The number of nitrogens with one attached hydrogen (secondary N) is 3. The van der Waals surface area contributed by atoms with E-state index in [4.69, 9.17) is 0 Å². The maximum Gasteiger partial charge on any atom is 0.329 e. The Morgan fingerprint density at radius 1 is 1.07 bits per heavy atom. The van der Waals surface area contributed by atoms with E-state index in [2.05, 4.69) is 15.6 Å². The number of hydrogen-bond acceptors (Lipinski definition) is 4. The number of imidazole rings is 1. The van der Waals surface area contributed by atoms with Crippen LogP contribution in [-0.4, -0.2) is 32.9 Å². The fourth-order valence-corrected chi connectivity index (χ4v) is 3.27. The molecule has 29 heavy (non-hydrogen) atoms. The van der Waals surface area contributed by atoms with Gasteiger partial charge in [-0.2, -0.15) is 0 Å². The highest BCUT2D eigenvalue weighted by atomic mass is 16.2. The number of benzene rings is 2. The van der Waals surface area contributed by atoms with Crippen LogP contribution in [0, 0.1) is 0 Å². The van der Waals surface area contributed by atoms with Crippen molar-refractivity contribution in [2.75, 3.05) is 10.2 Å². The lowest BCUT2D eigenvalue weighted by Gasteiger charge is -2.16. The number of urea groups is 1. The Kier molecular flexibility index (Phi) is 4.04. The minimum absolute atomic E-state index is 0.262. The van der Waals surface area contributed by atoms with Crippen LogP contribution in [-0.2, 0) is 11.8 Å². The molecule has 0 bridgehead atoms. The first kappa shape index (κ1) is 18.5. The smallest absolute Gasteiger partial charge is 0.323 e. The van der Waals surface area contributed by atoms with Crippen LogP contribution in [0.1, 0.15) is 24.2 Å². The third-order valence-electron chi connectivity index (χ3n) is 4.89. The molecule has 148 valence electrons. The van der Waals surface area contributed by atoms with Gasteiger partial charge in [0.2, 0.25) is 0 Å². The SMILES string of the molecule is Cn1c(=O)[nH]c2ccc(C(=O)Nc3cccc(N4C(=O)NC(C)(C)C4=O)c3)cc21. The molecule has 1 aliphatic rings. The second-order valence-electron chi connectivity index (χ2n) is 7.42. The van der Waals surface area contributed by atoms with Crippen LogP contribution in [0.2, 0.25) is 0 Å². The number of rotatable bonds is 3. The zero-order chi connectivity index (χ0) is 20.9. The van der Waals surface area contributed by atoms with Crippen LogP contribution in [0.15, 0.2) is 47.3 Å². The summed E-state index contributed by atoms with van der Waals surface area (Å²) in [5.41, 5.74) is 1.16. The number of amides is 4. The van der Waals surface area contributed by atoms with Gasteiger partial charge in [0, 0.05) is 18.3 Å². The zero-order valence-electron chi connectivity index (χ0n) is 16.1. The van der Waals surface area contributed by atoms with Crippen molar-refractivity contribution in [3.05, 3.63) is 58.5 Å². The number of fused-ring (bicyclic) bond motifs is 1. The third kappa shape index (κ3) is 3.06. The Balaban J connectivity index is 1.61. The molecular weight excluding hydrogens is 374 g/mol. The molecular formula is C20H19N5O4. The first-order chi connectivity index (χ1) is 13.7. The van der Waals surface area contributed by atoms with Crippen LogP contribution >= 0.6 is 0 Å². The standard InChI is InChI=1S/C20H19N5O4/c1-20(2)17(27)25(19(29)23-20)13-6-4-5-12(10-13)21-16(26)11-7-8-14-15(9-11)24(3)18(28)22-14/h4-10H,1-3H3,(H,21,26)(H,22,28)(H,23,29). The van der Waals surface area contributed by atoms with Gasteiger partial charge in [0.1, 0.15) is 5.54 Å². The average molecular weight is 393 g/mol. The van der Waals surface area contributed by atoms with Crippen molar-refractivity contribution in [1.29, 1.82) is 0 Å². The molecule has 1 fully saturated rings. The van der Waals surface area contributed by atoms with Crippen LogP contribution in [0.5, 0.6) is 0 Å². The Morgan fingerprint density at radius 3 is 2.52 bits per heavy atom. The van der Waals surface area contributed by atoms with Crippen LogP contribution in [0.4, 0.5) is 16.2 Å². The highest BCUT2D eigenvalue weighted by Gasteiger charge is 2.45. The summed E-state index contributed by atoms with van der Waals surface area (Å²) in [5, 5.41) is 5.38. The number of imide groups is 1. The number of aryl methyl sites for hydroxylation is 1. The molecule has 4 rings (SSSR count). The normalized spacial score (nSPS) is 15.6. The maximum atomic E-state index is 12.7. The topological polar surface area (TPSA) is 116 Å². The second kappa shape index (κ2) is 6.33. The van der Waals surface area contributed by atoms with Crippen LogP contribution in [0.25, 0.3) is 11.0 Å². The Labute approximate surface area is 165 Å². The lowest BCUT2D eigenvalue weighted by molar-refractivity contribution is -0.121. The quantitative estimate of drug-likeness (QED) is 0.590. The van der Waals surface area contributed by atoms with E-state index < -0.39 is 11.6 Å². The molecule has 0 spiro atoms. The molecule has 0 radical (unpaired) electrons. The van der Waals surface area contributed by atoms with Gasteiger partial charge in [0.15, 0.2) is 0 Å². The van der Waals surface area contributed by atoms with Crippen molar-refractivity contribution in [3.8, 4) is 0 Å². The predicted octanol–water partition coefficient (Wildman–Crippen LogP) is 1.95. The molecule has 0 atom stereocenters. The van der Waals surface area contributed by atoms with Crippen molar-refractivity contribution >= 4 is 40.3 Å². The molecule has 0 aliphatic carbocycles. The molecule has 1 aromatic heterocycles. The van der Waals surface area contributed by atoms with E-state index in [0.29, 0.717) is 28.0 Å². The van der Waals surface area contributed by atoms with Gasteiger partial charge >= 0.3 is 11.7 Å². The molecule has 0 saturated carbocycles. The number of aromatic amines is 1. The molecule has 0 unspecified atom stereocenters. The lowest BCUT2D eigenvalue weighted by atomic mass is 10.1. The van der Waals surface area contributed by atoms with Crippen molar-refractivity contribution in [2.45, 2.75) is 19.4 Å². The van der Waals surface area contributed by atoms with E-state index in [-0.39, 0.29) is 17.5 Å². The molecule has 4 amide bonds. The third-order valence-corrected chi connectivity index (χ3v) is 4.89. The summed E-state index contributed by atoms with van der Waals surface area (Å²) in [4.78, 5) is 52.8. The molecule has 9 nitrogen and oxygen atoms in total. The summed E-state index contributed by atoms with van der Waals surface area (Å²) in [7, 11) is 1.62. The number of carbonyl (C=O) groups is 3. The molecule has 2 heterocycles. The fourth-order valence-electron chi connectivity index (χ4n) is 3.27. The largest absolute Gasteiger partial charge is 0.329 e. The van der Waals surface area contributed by atoms with E-state index in [0.717, 1.165) is 4.90 Å². The summed E-state index contributed by atoms with van der Waals surface area (Å²) in [6, 6.07) is 10.9. The van der Waals surface area contributed by atoms with Gasteiger partial charge in [-0.3, -0.25) is 14.2 Å². The van der Waals surface area contributed by atoms with Gasteiger partial charge in [-0.15, -0.1) is 0 Å². The van der Waals surface area contributed by atoms with Crippen molar-refractivity contribution in [3.63, 3.8) is 0 Å². The van der Waals surface area contributed by atoms with Crippen LogP contribution in [0.3, 0.4) is 0 Å². The Hall–Kier alpha value is -3.88. The number of nitrogens with zero attached hydrogens (tertiary/aromatic N) is 2. The Bertz CT molecular complexity index is 1240. The highest BCUT2D eigenvalue weighted by Crippen LogP contribution is 2.27. The highest BCUT2D eigenvalue weighted by molar-refractivity contribution is 6.23. The van der Waals surface area contributed by atoms with Crippen LogP contribution < -0.4 is 21.2 Å². The number of anilines is 2. The second-order valence-corrected chi connectivity index (χ2v) is 7.42. The number of aromatic nitrogens is 2. The van der Waals surface area contributed by atoms with E-state index >= 15 is 0 Å². The molecule has 3 N–H and O–H groups in total. The van der Waals surface area contributed by atoms with Crippen molar-refractivity contribution in [1.82, 2.24) is 14.9 Å². The predicted molar refractivity (Wildman–Crippen MR) is 108 cm³/mol. The monoisotopic (exact) mass is 393 g/mol. The minimum Gasteiger partial charge on any atom is -0.323 e. The summed E-state index contributed by atoms with van der Waals surface area (Å²) in [6.45, 7) is 3.26. The molecule has 2 aromatic carbocycles. The maximum absolute atomic E-state index is 12.7. The Morgan fingerprint density at radius 2 is 1.83 bits per heavy atom. The molecule has 1 saturated heterocycles. The van der Waals surface area contributed by atoms with Gasteiger partial charge in [0.05, 0.1) is 16.7 Å². The first-order valence-corrected chi connectivity index (χ1v) is 8.94. The van der Waals surface area contributed by atoms with Crippen molar-refractivity contribution in [2.24, 2.45) is 7.05 Å². The van der Waals surface area contributed by atoms with Gasteiger partial charge < -0.3 is 15.6 Å². The van der Waals surface area contributed by atoms with Gasteiger partial charge in [0.25, 0.3) is 11.8 Å². The average Bonchev–Trinajstić information content (AvgIpc) is 3.06. The molecule has 3 aromatic rings. The fraction of sp³-hybridized carbons (Fsp3) is 0.200. The summed E-state index contributed by atoms with van der Waals surface area (Å²) in [5.74, 6) is -0.750. The number of H-pyrrole nitrogens is 1. The summed E-state index contributed by atoms with van der Waals surface area (Å²) >= 11 is 0. The zero-order valence-corrected chi connectivity index (χ0v) is 16.1. The molecule has 9 heteroatoms. The number of hydrogen-bond donors (Lipinski definition) is 3. The molecule has 1 aliphatic heterocycles. The van der Waals surface area contributed by atoms with Gasteiger partial charge in [-0.25, -0.2) is 14.5 Å². The minimum atomic E-state index is -0.988. The lowest BCUT2D eigenvalue weighted by Crippen LogP contribution is -2.40. The van der Waals surface area contributed by atoms with E-state index in [1.165, 1.54) is 4.57 Å².